The zero-order valence-corrected chi connectivity index (χ0v) is 18.3. The van der Waals surface area contributed by atoms with Gasteiger partial charge in [0.05, 0.1) is 6.10 Å². The van der Waals surface area contributed by atoms with Crippen LogP contribution in [0.1, 0.15) is 50.5 Å². The molecule has 2 N–H and O–H groups in total. The first-order chi connectivity index (χ1) is 15.6. The number of ether oxygens (including phenoxy) is 1. The smallest absolute Gasteiger partial charge is 0.262 e. The normalized spacial score (nSPS) is 19.6. The molecule has 4 rings (SSSR count). The highest BCUT2D eigenvalue weighted by Gasteiger charge is 2.20. The summed E-state index contributed by atoms with van der Waals surface area (Å²) in [5, 5.41) is 16.5. The van der Waals surface area contributed by atoms with Gasteiger partial charge in [0.25, 0.3) is 5.91 Å². The van der Waals surface area contributed by atoms with Crippen molar-refractivity contribution in [2.75, 3.05) is 13.2 Å². The standard InChI is InChI=1S/C25H30N4O3/c26-14-18(25(31)28-20-7-2-1-3-8-20)13-19-16-29(23-11-5-4-10-22(19)23)17-24(30)27-15-21-9-6-12-32-21/h4-5,10-11,13,16,20-21H,1-3,6-9,12,15,17H2,(H,27,30)(H,28,31)/b18-13+/t21-/m1/s1. The highest BCUT2D eigenvalue weighted by molar-refractivity contribution is 6.04. The molecule has 0 radical (unpaired) electrons. The Bertz CT molecular complexity index is 1040. The summed E-state index contributed by atoms with van der Waals surface area (Å²) >= 11 is 0. The average molecular weight is 435 g/mol. The summed E-state index contributed by atoms with van der Waals surface area (Å²) in [5.74, 6) is -0.419. The third-order valence-corrected chi connectivity index (χ3v) is 6.29. The minimum absolute atomic E-state index is 0.0845. The molecule has 0 bridgehead atoms. The number of hydrogen-bond donors (Lipinski definition) is 2. The molecule has 168 valence electrons. The fourth-order valence-corrected chi connectivity index (χ4v) is 4.58. The summed E-state index contributed by atoms with van der Waals surface area (Å²) in [6, 6.07) is 9.90. The SMILES string of the molecule is N#C/C(=C\c1cn(CC(=O)NC[C@H]2CCCO2)c2ccccc12)C(=O)NC1CCCCC1. The number of para-hydroxylation sites is 1. The van der Waals surface area contributed by atoms with Crippen LogP contribution in [0.4, 0.5) is 0 Å². The molecule has 1 aliphatic heterocycles. The number of hydrogen-bond acceptors (Lipinski definition) is 4. The largest absolute Gasteiger partial charge is 0.376 e. The number of nitriles is 1. The van der Waals surface area contributed by atoms with Crippen LogP contribution in [-0.2, 0) is 20.9 Å². The number of aromatic nitrogens is 1. The minimum Gasteiger partial charge on any atom is -0.376 e. The second-order valence-corrected chi connectivity index (χ2v) is 8.65. The van der Waals surface area contributed by atoms with E-state index in [0.717, 1.165) is 61.6 Å². The van der Waals surface area contributed by atoms with Gasteiger partial charge in [0.1, 0.15) is 18.2 Å². The van der Waals surface area contributed by atoms with Crippen molar-refractivity contribution < 1.29 is 14.3 Å². The van der Waals surface area contributed by atoms with Crippen molar-refractivity contribution >= 4 is 28.8 Å². The highest BCUT2D eigenvalue weighted by Crippen LogP contribution is 2.24. The molecule has 2 aliphatic rings. The van der Waals surface area contributed by atoms with E-state index < -0.39 is 0 Å². The van der Waals surface area contributed by atoms with E-state index in [4.69, 9.17) is 4.74 Å². The molecule has 1 aromatic carbocycles. The lowest BCUT2D eigenvalue weighted by Crippen LogP contribution is -2.36. The van der Waals surface area contributed by atoms with Crippen molar-refractivity contribution in [1.82, 2.24) is 15.2 Å². The van der Waals surface area contributed by atoms with E-state index in [1.807, 2.05) is 35.0 Å². The number of nitrogens with zero attached hydrogens (tertiary/aromatic N) is 2. The van der Waals surface area contributed by atoms with Crippen LogP contribution in [0.5, 0.6) is 0 Å². The lowest BCUT2D eigenvalue weighted by molar-refractivity contribution is -0.122. The number of rotatable bonds is 7. The van der Waals surface area contributed by atoms with Gasteiger partial charge in [0.15, 0.2) is 0 Å². The molecule has 1 saturated carbocycles. The highest BCUT2D eigenvalue weighted by atomic mass is 16.5. The number of benzene rings is 1. The molecule has 2 amide bonds. The van der Waals surface area contributed by atoms with Crippen LogP contribution in [0.25, 0.3) is 17.0 Å². The first kappa shape index (κ1) is 22.1. The Labute approximate surface area is 188 Å². The van der Waals surface area contributed by atoms with Crippen LogP contribution < -0.4 is 10.6 Å². The predicted molar refractivity (Wildman–Crippen MR) is 123 cm³/mol. The summed E-state index contributed by atoms with van der Waals surface area (Å²) in [6.07, 6.45) is 10.9. The quantitative estimate of drug-likeness (QED) is 0.516. The lowest BCUT2D eigenvalue weighted by Gasteiger charge is -2.22. The van der Waals surface area contributed by atoms with Crippen LogP contribution in [0.15, 0.2) is 36.0 Å². The van der Waals surface area contributed by atoms with Crippen LogP contribution in [0.3, 0.4) is 0 Å². The molecular formula is C25H30N4O3. The molecule has 1 aromatic heterocycles. The monoisotopic (exact) mass is 434 g/mol. The molecule has 32 heavy (non-hydrogen) atoms. The summed E-state index contributed by atoms with van der Waals surface area (Å²) in [4.78, 5) is 25.2. The van der Waals surface area contributed by atoms with E-state index >= 15 is 0 Å². The Hall–Kier alpha value is -3.11. The summed E-state index contributed by atoms with van der Waals surface area (Å²) in [6.45, 7) is 1.44. The third kappa shape index (κ3) is 5.38. The van der Waals surface area contributed by atoms with Crippen LogP contribution in [0.2, 0.25) is 0 Å². The van der Waals surface area contributed by atoms with E-state index in [1.165, 1.54) is 6.42 Å². The molecule has 0 unspecified atom stereocenters. The predicted octanol–water partition coefficient (Wildman–Crippen LogP) is 3.29. The Morgan fingerprint density at radius 3 is 2.72 bits per heavy atom. The molecule has 2 aromatic rings. The first-order valence-electron chi connectivity index (χ1n) is 11.5. The Morgan fingerprint density at radius 1 is 1.16 bits per heavy atom. The van der Waals surface area contributed by atoms with Gasteiger partial charge in [-0.05, 0) is 37.8 Å². The fraction of sp³-hybridized carbons (Fsp3) is 0.480. The molecule has 1 saturated heterocycles. The lowest BCUT2D eigenvalue weighted by atomic mass is 9.95. The second-order valence-electron chi connectivity index (χ2n) is 8.65. The van der Waals surface area contributed by atoms with Gasteiger partial charge in [-0.2, -0.15) is 5.26 Å². The topological polar surface area (TPSA) is 96.2 Å². The molecule has 7 nitrogen and oxygen atoms in total. The zero-order chi connectivity index (χ0) is 22.3. The van der Waals surface area contributed by atoms with Gasteiger partial charge >= 0.3 is 0 Å². The van der Waals surface area contributed by atoms with Crippen LogP contribution in [0, 0.1) is 11.3 Å². The summed E-state index contributed by atoms with van der Waals surface area (Å²) in [7, 11) is 0. The Balaban J connectivity index is 1.49. The van der Waals surface area contributed by atoms with Crippen molar-refractivity contribution in [1.29, 1.82) is 5.26 Å². The molecule has 7 heteroatoms. The summed E-state index contributed by atoms with van der Waals surface area (Å²) in [5.41, 5.74) is 1.72. The van der Waals surface area contributed by atoms with Crippen LogP contribution in [-0.4, -0.2) is 41.7 Å². The van der Waals surface area contributed by atoms with Crippen LogP contribution >= 0.6 is 0 Å². The number of amides is 2. The van der Waals surface area contributed by atoms with Crippen molar-refractivity contribution in [2.45, 2.75) is 63.6 Å². The molecule has 1 aliphatic carbocycles. The maximum absolute atomic E-state index is 12.7. The van der Waals surface area contributed by atoms with Crippen molar-refractivity contribution in [2.24, 2.45) is 0 Å². The second kappa shape index (κ2) is 10.5. The van der Waals surface area contributed by atoms with Crippen molar-refractivity contribution in [3.05, 3.63) is 41.6 Å². The van der Waals surface area contributed by atoms with Gasteiger partial charge in [-0.25, -0.2) is 0 Å². The minimum atomic E-state index is -0.328. The maximum atomic E-state index is 12.7. The Morgan fingerprint density at radius 2 is 1.97 bits per heavy atom. The number of fused-ring (bicyclic) bond motifs is 1. The van der Waals surface area contributed by atoms with Gasteiger partial charge in [0.2, 0.25) is 5.91 Å². The maximum Gasteiger partial charge on any atom is 0.262 e. The van der Waals surface area contributed by atoms with Gasteiger partial charge in [0, 0.05) is 41.9 Å². The van der Waals surface area contributed by atoms with Crippen molar-refractivity contribution in [3.63, 3.8) is 0 Å². The Kier molecular flexibility index (Phi) is 7.23. The van der Waals surface area contributed by atoms with Gasteiger partial charge in [-0.15, -0.1) is 0 Å². The molecule has 2 heterocycles. The molecule has 0 spiro atoms. The fourth-order valence-electron chi connectivity index (χ4n) is 4.58. The molecule has 1 atom stereocenters. The molecule has 2 fully saturated rings. The first-order valence-corrected chi connectivity index (χ1v) is 11.5. The molecular weight excluding hydrogens is 404 g/mol. The van der Waals surface area contributed by atoms with Gasteiger partial charge < -0.3 is 19.9 Å². The van der Waals surface area contributed by atoms with E-state index in [-0.39, 0.29) is 36.1 Å². The van der Waals surface area contributed by atoms with Crippen molar-refractivity contribution in [3.8, 4) is 6.07 Å². The third-order valence-electron chi connectivity index (χ3n) is 6.29. The van der Waals surface area contributed by atoms with E-state index in [9.17, 15) is 14.9 Å². The zero-order valence-electron chi connectivity index (χ0n) is 18.3. The summed E-state index contributed by atoms with van der Waals surface area (Å²) < 4.78 is 7.42. The van der Waals surface area contributed by atoms with Gasteiger partial charge in [-0.1, -0.05) is 37.5 Å². The van der Waals surface area contributed by atoms with E-state index in [1.54, 1.807) is 6.08 Å². The number of carbonyl (C=O) groups excluding carboxylic acids is 2. The van der Waals surface area contributed by atoms with E-state index in [2.05, 4.69) is 16.7 Å². The van der Waals surface area contributed by atoms with Gasteiger partial charge in [-0.3, -0.25) is 9.59 Å². The number of nitrogens with one attached hydrogen (secondary N) is 2. The number of carbonyl (C=O) groups is 2. The average Bonchev–Trinajstić information content (AvgIpc) is 3.45. The van der Waals surface area contributed by atoms with E-state index in [0.29, 0.717) is 6.54 Å².